The molecule has 122 valence electrons. The van der Waals surface area contributed by atoms with Gasteiger partial charge in [-0.3, -0.25) is 4.79 Å². The lowest BCUT2D eigenvalue weighted by molar-refractivity contribution is 0.0724. The van der Waals surface area contributed by atoms with Gasteiger partial charge in [0.2, 0.25) is 0 Å². The van der Waals surface area contributed by atoms with E-state index in [2.05, 4.69) is 11.1 Å². The number of rotatable bonds is 4. The number of hydrogen-bond donors (Lipinski definition) is 0. The molecule has 1 aliphatic heterocycles. The largest absolute Gasteiger partial charge is 0.335 e. The smallest absolute Gasteiger partial charge is 0.254 e. The molecule has 0 N–H and O–H groups in total. The zero-order valence-corrected chi connectivity index (χ0v) is 13.6. The van der Waals surface area contributed by atoms with Crippen LogP contribution in [0, 0.1) is 11.3 Å². The van der Waals surface area contributed by atoms with Crippen molar-refractivity contribution < 1.29 is 4.79 Å². The van der Waals surface area contributed by atoms with Crippen molar-refractivity contribution in [2.75, 3.05) is 6.54 Å². The molecule has 1 unspecified atom stereocenters. The number of imidazole rings is 1. The van der Waals surface area contributed by atoms with Gasteiger partial charge in [-0.2, -0.15) is 5.26 Å². The average Bonchev–Trinajstić information content (AvgIpc) is 3.01. The van der Waals surface area contributed by atoms with Crippen LogP contribution in [0.3, 0.4) is 0 Å². The van der Waals surface area contributed by atoms with Crippen LogP contribution in [0.2, 0.25) is 0 Å². The number of hydrogen-bond acceptors (Lipinski definition) is 3. The van der Waals surface area contributed by atoms with Crippen LogP contribution in [-0.2, 0) is 12.0 Å². The van der Waals surface area contributed by atoms with Crippen LogP contribution >= 0.6 is 0 Å². The van der Waals surface area contributed by atoms with Gasteiger partial charge in [-0.05, 0) is 43.4 Å². The van der Waals surface area contributed by atoms with E-state index in [0.29, 0.717) is 5.56 Å². The Kier molecular flexibility index (Phi) is 3.61. The number of aromatic nitrogens is 2. The number of nitriles is 1. The third-order valence-electron chi connectivity index (χ3n) is 5.27. The molecule has 2 fully saturated rings. The summed E-state index contributed by atoms with van der Waals surface area (Å²) < 4.78 is 2.03. The second-order valence-electron chi connectivity index (χ2n) is 6.83. The summed E-state index contributed by atoms with van der Waals surface area (Å²) in [6, 6.07) is 10.3. The van der Waals surface area contributed by atoms with Gasteiger partial charge in [0.05, 0.1) is 17.8 Å². The molecule has 1 saturated heterocycles. The topological polar surface area (TPSA) is 61.9 Å². The van der Waals surface area contributed by atoms with E-state index in [4.69, 9.17) is 0 Å². The zero-order valence-electron chi connectivity index (χ0n) is 13.6. The third-order valence-corrected chi connectivity index (χ3v) is 5.27. The molecule has 4 rings (SSSR count). The molecule has 1 aromatic carbocycles. The normalized spacial score (nSPS) is 21.5. The lowest BCUT2D eigenvalue weighted by atomic mass is 9.96. The Labute approximate surface area is 141 Å². The first kappa shape index (κ1) is 14.9. The molecule has 24 heavy (non-hydrogen) atoms. The number of likely N-dealkylation sites (tertiary alicyclic amines) is 1. The molecule has 2 heterocycles. The molecule has 2 aromatic rings. The van der Waals surface area contributed by atoms with Crippen molar-refractivity contribution in [3.05, 3.63) is 54.1 Å². The molecule has 1 atom stereocenters. The van der Waals surface area contributed by atoms with Crippen molar-refractivity contribution in [3.8, 4) is 6.07 Å². The summed E-state index contributed by atoms with van der Waals surface area (Å²) in [6.07, 6.45) is 9.42. The molecule has 1 saturated carbocycles. The van der Waals surface area contributed by atoms with Crippen LogP contribution in [0.4, 0.5) is 0 Å². The third kappa shape index (κ3) is 2.58. The maximum Gasteiger partial charge on any atom is 0.254 e. The predicted molar refractivity (Wildman–Crippen MR) is 89.3 cm³/mol. The maximum atomic E-state index is 12.9. The first-order valence-electron chi connectivity index (χ1n) is 8.50. The Morgan fingerprint density at radius 3 is 2.75 bits per heavy atom. The Morgan fingerprint density at radius 2 is 2.12 bits per heavy atom. The second-order valence-corrected chi connectivity index (χ2v) is 6.83. The molecule has 0 spiro atoms. The van der Waals surface area contributed by atoms with Crippen molar-refractivity contribution in [1.82, 2.24) is 14.5 Å². The molecule has 1 amide bonds. The van der Waals surface area contributed by atoms with E-state index in [0.717, 1.165) is 44.3 Å². The molecule has 1 aliphatic carbocycles. The fourth-order valence-corrected chi connectivity index (χ4v) is 3.62. The van der Waals surface area contributed by atoms with Gasteiger partial charge in [0.25, 0.3) is 5.91 Å². The summed E-state index contributed by atoms with van der Waals surface area (Å²) in [4.78, 5) is 18.9. The molecule has 0 bridgehead atoms. The number of benzene rings is 1. The van der Waals surface area contributed by atoms with Crippen molar-refractivity contribution in [2.24, 2.45) is 0 Å². The summed E-state index contributed by atoms with van der Waals surface area (Å²) in [6.45, 7) is 1.60. The molecular weight excluding hydrogens is 300 g/mol. The van der Waals surface area contributed by atoms with Crippen molar-refractivity contribution in [2.45, 2.75) is 43.7 Å². The number of amides is 1. The SMILES string of the molecule is N#CC1(c2ccc(C(=O)N3CCCC3Cn3ccnc3)cc2)CC1. The lowest BCUT2D eigenvalue weighted by Crippen LogP contribution is -2.37. The maximum absolute atomic E-state index is 12.9. The predicted octanol–water partition coefficient (Wildman–Crippen LogP) is 2.74. The van der Waals surface area contributed by atoms with Gasteiger partial charge in [-0.1, -0.05) is 12.1 Å². The minimum atomic E-state index is -0.292. The van der Waals surface area contributed by atoms with E-state index in [1.54, 1.807) is 12.5 Å². The summed E-state index contributed by atoms with van der Waals surface area (Å²) in [5.74, 6) is 0.0889. The summed E-state index contributed by atoms with van der Waals surface area (Å²) >= 11 is 0. The molecule has 5 nitrogen and oxygen atoms in total. The fraction of sp³-hybridized carbons (Fsp3) is 0.421. The number of nitrogens with zero attached hydrogens (tertiary/aromatic N) is 4. The van der Waals surface area contributed by atoms with Gasteiger partial charge in [-0.25, -0.2) is 4.98 Å². The van der Waals surface area contributed by atoms with Gasteiger partial charge in [0, 0.05) is 37.1 Å². The van der Waals surface area contributed by atoms with Crippen molar-refractivity contribution in [3.63, 3.8) is 0 Å². The van der Waals surface area contributed by atoms with E-state index >= 15 is 0 Å². The highest BCUT2D eigenvalue weighted by Crippen LogP contribution is 2.47. The van der Waals surface area contributed by atoms with E-state index in [1.165, 1.54) is 0 Å². The first-order valence-corrected chi connectivity index (χ1v) is 8.50. The van der Waals surface area contributed by atoms with Crippen LogP contribution in [-0.4, -0.2) is 32.9 Å². The van der Waals surface area contributed by atoms with Crippen molar-refractivity contribution in [1.29, 1.82) is 5.26 Å². The molecular formula is C19H20N4O. The molecule has 5 heteroatoms. The zero-order chi connectivity index (χ0) is 16.6. The highest BCUT2D eigenvalue weighted by Gasteiger charge is 2.44. The van der Waals surface area contributed by atoms with Gasteiger partial charge >= 0.3 is 0 Å². The minimum absolute atomic E-state index is 0.0889. The summed E-state index contributed by atoms with van der Waals surface area (Å²) in [5.41, 5.74) is 1.46. The van der Waals surface area contributed by atoms with Gasteiger partial charge in [0.15, 0.2) is 0 Å². The molecule has 0 radical (unpaired) electrons. The Bertz CT molecular complexity index is 769. The highest BCUT2D eigenvalue weighted by molar-refractivity contribution is 5.94. The first-order chi connectivity index (χ1) is 11.7. The number of carbonyl (C=O) groups excluding carboxylic acids is 1. The lowest BCUT2D eigenvalue weighted by Gasteiger charge is -2.25. The summed E-state index contributed by atoms with van der Waals surface area (Å²) in [5, 5.41) is 9.29. The standard InChI is InChI=1S/C19H20N4O/c20-13-19(7-8-19)16-5-3-15(4-6-16)18(24)23-10-1-2-17(23)12-22-11-9-21-14-22/h3-6,9,11,14,17H,1-2,7-8,10,12H2. The van der Waals surface area contributed by atoms with Crippen LogP contribution in [0.15, 0.2) is 43.0 Å². The van der Waals surface area contributed by atoms with Gasteiger partial charge < -0.3 is 9.47 Å². The van der Waals surface area contributed by atoms with E-state index in [-0.39, 0.29) is 17.4 Å². The molecule has 2 aliphatic rings. The van der Waals surface area contributed by atoms with Crippen LogP contribution in [0.25, 0.3) is 0 Å². The van der Waals surface area contributed by atoms with Gasteiger partial charge in [0.1, 0.15) is 0 Å². The Hall–Kier alpha value is -2.61. The Balaban J connectivity index is 1.49. The highest BCUT2D eigenvalue weighted by atomic mass is 16.2. The molecule has 1 aromatic heterocycles. The van der Waals surface area contributed by atoms with E-state index in [9.17, 15) is 10.1 Å². The minimum Gasteiger partial charge on any atom is -0.335 e. The van der Waals surface area contributed by atoms with Crippen LogP contribution in [0.5, 0.6) is 0 Å². The van der Waals surface area contributed by atoms with Gasteiger partial charge in [-0.15, -0.1) is 0 Å². The van der Waals surface area contributed by atoms with Crippen LogP contribution in [0.1, 0.15) is 41.6 Å². The monoisotopic (exact) mass is 320 g/mol. The van der Waals surface area contributed by atoms with E-state index in [1.807, 2.05) is 39.9 Å². The van der Waals surface area contributed by atoms with E-state index < -0.39 is 0 Å². The quantitative estimate of drug-likeness (QED) is 0.870. The fourth-order valence-electron chi connectivity index (χ4n) is 3.62. The Morgan fingerprint density at radius 1 is 1.33 bits per heavy atom. The number of carbonyl (C=O) groups is 1. The summed E-state index contributed by atoms with van der Waals surface area (Å²) in [7, 11) is 0. The van der Waals surface area contributed by atoms with Crippen molar-refractivity contribution >= 4 is 5.91 Å². The average molecular weight is 320 g/mol. The second kappa shape index (κ2) is 5.79. The van der Waals surface area contributed by atoms with Crippen LogP contribution < -0.4 is 0 Å².